The Morgan fingerprint density at radius 1 is 1.09 bits per heavy atom. The van der Waals surface area contributed by atoms with Crippen molar-refractivity contribution in [3.8, 4) is 5.75 Å². The molecule has 1 aliphatic rings. The molecule has 1 aliphatic heterocycles. The fraction of sp³-hybridized carbons (Fsp3) is 0.217. The molecule has 1 N–H and O–H groups in total. The molecule has 174 valence electrons. The van der Waals surface area contributed by atoms with Crippen LogP contribution < -0.4 is 10.1 Å². The highest BCUT2D eigenvalue weighted by atomic mass is 32.2. The molecule has 0 bridgehead atoms. The summed E-state index contributed by atoms with van der Waals surface area (Å²) in [4.78, 5) is 23.6. The Balaban J connectivity index is 2.04. The van der Waals surface area contributed by atoms with Crippen molar-refractivity contribution >= 4 is 39.3 Å². The Bertz CT molecular complexity index is 1260. The molecule has 2 aromatic carbocycles. The minimum absolute atomic E-state index is 0.00345. The van der Waals surface area contributed by atoms with Gasteiger partial charge in [-0.3, -0.25) is 9.59 Å². The Hall–Kier alpha value is -3.40. The van der Waals surface area contributed by atoms with Crippen LogP contribution in [0.15, 0.2) is 42.6 Å². The molecule has 10 heteroatoms. The fourth-order valence-electron chi connectivity index (χ4n) is 3.35. The normalized spacial score (nSPS) is 14.9. The van der Waals surface area contributed by atoms with Crippen molar-refractivity contribution in [3.63, 3.8) is 0 Å². The summed E-state index contributed by atoms with van der Waals surface area (Å²) in [6, 6.07) is 8.70. The number of alkyl halides is 3. The lowest BCUT2D eigenvalue weighted by Crippen LogP contribution is -2.27. The first-order valence-corrected chi connectivity index (χ1v) is 11.7. The van der Waals surface area contributed by atoms with E-state index in [1.165, 1.54) is 12.1 Å². The van der Waals surface area contributed by atoms with Crippen LogP contribution >= 0.6 is 0 Å². The number of sulfone groups is 1. The van der Waals surface area contributed by atoms with Crippen molar-refractivity contribution in [2.75, 3.05) is 13.4 Å². The third kappa shape index (κ3) is 6.10. The molecule has 0 radical (unpaired) electrons. The second-order valence-corrected chi connectivity index (χ2v) is 9.65. The van der Waals surface area contributed by atoms with Gasteiger partial charge in [0.15, 0.2) is 15.6 Å². The molecule has 0 saturated heterocycles. The molecule has 0 aromatic heterocycles. The van der Waals surface area contributed by atoms with Gasteiger partial charge in [-0.05, 0) is 28.8 Å². The van der Waals surface area contributed by atoms with E-state index >= 15 is 0 Å². The summed E-state index contributed by atoms with van der Waals surface area (Å²) in [5, 5.41) is 2.35. The number of nitrogens with one attached hydrogen (secondary N) is 1. The molecular weight excluding hydrogens is 459 g/mol. The van der Waals surface area contributed by atoms with E-state index in [2.05, 4.69) is 5.32 Å². The first-order chi connectivity index (χ1) is 15.4. The van der Waals surface area contributed by atoms with Crippen molar-refractivity contribution in [3.05, 3.63) is 70.4 Å². The summed E-state index contributed by atoms with van der Waals surface area (Å²) in [5.74, 6) is -1.66. The lowest BCUT2D eigenvalue weighted by molar-refractivity contribution is -0.139. The number of carbonyl (C=O) groups is 2. The highest BCUT2D eigenvalue weighted by Crippen LogP contribution is 2.41. The van der Waals surface area contributed by atoms with Crippen LogP contribution in [0.1, 0.15) is 34.2 Å². The summed E-state index contributed by atoms with van der Waals surface area (Å²) in [5.41, 5.74) is 0.176. The van der Waals surface area contributed by atoms with Gasteiger partial charge in [-0.15, -0.1) is 0 Å². The van der Waals surface area contributed by atoms with Crippen LogP contribution in [0, 0.1) is 0 Å². The fourth-order valence-corrected chi connectivity index (χ4v) is 4.15. The van der Waals surface area contributed by atoms with Crippen LogP contribution in [0.2, 0.25) is 0 Å². The van der Waals surface area contributed by atoms with E-state index in [0.29, 0.717) is 11.1 Å². The minimum Gasteiger partial charge on any atom is -0.495 e. The predicted molar refractivity (Wildman–Crippen MR) is 118 cm³/mol. The Morgan fingerprint density at radius 3 is 2.30 bits per heavy atom. The van der Waals surface area contributed by atoms with Crippen molar-refractivity contribution in [1.29, 1.82) is 0 Å². The highest BCUT2D eigenvalue weighted by Gasteiger charge is 2.36. The van der Waals surface area contributed by atoms with Gasteiger partial charge in [-0.2, -0.15) is 13.2 Å². The van der Waals surface area contributed by atoms with Crippen LogP contribution in [0.25, 0.3) is 17.7 Å². The Morgan fingerprint density at radius 2 is 1.76 bits per heavy atom. The van der Waals surface area contributed by atoms with Crippen molar-refractivity contribution < 1.29 is 35.9 Å². The van der Waals surface area contributed by atoms with Gasteiger partial charge in [0.05, 0.1) is 24.8 Å². The van der Waals surface area contributed by atoms with Crippen LogP contribution in [0.5, 0.6) is 5.75 Å². The molecular formula is C23H20F3NO5S. The van der Waals surface area contributed by atoms with Gasteiger partial charge >= 0.3 is 6.18 Å². The molecule has 0 unspecified atom stereocenters. The number of ketones is 1. The summed E-state index contributed by atoms with van der Waals surface area (Å²) in [6.07, 6.45) is -0.0240. The molecule has 0 saturated carbocycles. The number of rotatable bonds is 6. The van der Waals surface area contributed by atoms with Crippen LogP contribution in [0.4, 0.5) is 13.2 Å². The lowest BCUT2D eigenvalue weighted by atomic mass is 9.93. The van der Waals surface area contributed by atoms with Gasteiger partial charge in [0.1, 0.15) is 5.75 Å². The van der Waals surface area contributed by atoms with Crippen LogP contribution in [0.3, 0.4) is 0 Å². The number of hydrogen-bond acceptors (Lipinski definition) is 5. The Kier molecular flexibility index (Phi) is 6.78. The van der Waals surface area contributed by atoms with E-state index in [1.54, 1.807) is 30.3 Å². The smallest absolute Gasteiger partial charge is 0.420 e. The molecule has 0 aliphatic carbocycles. The van der Waals surface area contributed by atoms with Gasteiger partial charge in [0, 0.05) is 23.6 Å². The Labute approximate surface area is 188 Å². The molecule has 1 amide bonds. The van der Waals surface area contributed by atoms with E-state index in [4.69, 9.17) is 4.74 Å². The molecule has 6 nitrogen and oxygen atoms in total. The maximum absolute atomic E-state index is 13.7. The summed E-state index contributed by atoms with van der Waals surface area (Å²) >= 11 is 0. The quantitative estimate of drug-likeness (QED) is 0.502. The molecule has 1 heterocycles. The van der Waals surface area contributed by atoms with Crippen LogP contribution in [-0.4, -0.2) is 33.5 Å². The first kappa shape index (κ1) is 24.2. The molecule has 33 heavy (non-hydrogen) atoms. The third-order valence-electron chi connectivity index (χ3n) is 4.80. The zero-order valence-electron chi connectivity index (χ0n) is 17.7. The average Bonchev–Trinajstić information content (AvgIpc) is 2.71. The number of halogens is 3. The van der Waals surface area contributed by atoms with E-state index in [1.807, 2.05) is 0 Å². The third-order valence-corrected chi connectivity index (χ3v) is 5.66. The number of hydrogen-bond donors (Lipinski definition) is 1. The van der Waals surface area contributed by atoms with Gasteiger partial charge in [-0.1, -0.05) is 36.4 Å². The zero-order chi connectivity index (χ0) is 24.4. The zero-order valence-corrected chi connectivity index (χ0v) is 18.5. The number of benzene rings is 2. The molecule has 0 atom stereocenters. The van der Waals surface area contributed by atoms with Crippen LogP contribution in [-0.2, 0) is 31.4 Å². The molecule has 0 fully saturated rings. The number of amides is 1. The van der Waals surface area contributed by atoms with E-state index in [0.717, 1.165) is 25.6 Å². The first-order valence-electron chi connectivity index (χ1n) is 9.64. The predicted octanol–water partition coefficient (Wildman–Crippen LogP) is 3.86. The maximum atomic E-state index is 13.7. The van der Waals surface area contributed by atoms with Gasteiger partial charge in [0.2, 0.25) is 5.91 Å². The van der Waals surface area contributed by atoms with Crippen molar-refractivity contribution in [2.45, 2.75) is 18.3 Å². The van der Waals surface area contributed by atoms with E-state index < -0.39 is 45.4 Å². The lowest BCUT2D eigenvalue weighted by Gasteiger charge is -2.19. The number of ether oxygens (including phenoxy) is 1. The van der Waals surface area contributed by atoms with Crippen molar-refractivity contribution in [1.82, 2.24) is 5.32 Å². The van der Waals surface area contributed by atoms with E-state index in [9.17, 15) is 31.2 Å². The average molecular weight is 479 g/mol. The minimum atomic E-state index is -4.75. The van der Waals surface area contributed by atoms with E-state index in [-0.39, 0.29) is 22.5 Å². The summed E-state index contributed by atoms with van der Waals surface area (Å²) in [7, 11) is -2.08. The molecule has 2 aromatic rings. The summed E-state index contributed by atoms with van der Waals surface area (Å²) in [6.45, 7) is 0. The molecule has 3 rings (SSSR count). The largest absolute Gasteiger partial charge is 0.495 e. The van der Waals surface area contributed by atoms with Gasteiger partial charge in [0.25, 0.3) is 0 Å². The van der Waals surface area contributed by atoms with Gasteiger partial charge < -0.3 is 10.1 Å². The van der Waals surface area contributed by atoms with Gasteiger partial charge in [-0.25, -0.2) is 8.42 Å². The number of allylic oxidation sites excluding steroid dienone is 1. The second kappa shape index (κ2) is 9.22. The monoisotopic (exact) mass is 479 g/mol. The van der Waals surface area contributed by atoms with Crippen molar-refractivity contribution in [2.24, 2.45) is 0 Å². The molecule has 0 spiro atoms. The SMILES string of the molecule is COc1c(/C=C/c2ccc(CS(C)(=O)=O)cc2)cc(C2=CNC(=O)CC2=O)cc1C(F)(F)F. The number of carbonyl (C=O) groups excluding carboxylic acids is 2. The topological polar surface area (TPSA) is 89.5 Å². The number of methoxy groups -OCH3 is 1. The standard InChI is InChI=1S/C23H20F3NO5S/c1-32-22-16(8-7-14-3-5-15(6-4-14)13-33(2,30)31)9-17(10-19(22)23(24,25)26)18-12-27-21(29)11-20(18)28/h3-10,12H,11,13H2,1-2H3,(H,27,29)/b8-7+. The highest BCUT2D eigenvalue weighted by molar-refractivity contribution is 7.89. The maximum Gasteiger partial charge on any atom is 0.420 e. The second-order valence-electron chi connectivity index (χ2n) is 7.51. The number of Topliss-reactive ketones (excluding diaryl/α,β-unsaturated/α-hetero) is 1. The summed E-state index contributed by atoms with van der Waals surface area (Å²) < 4.78 is 69.1.